The van der Waals surface area contributed by atoms with E-state index in [-0.39, 0.29) is 5.91 Å². The topological polar surface area (TPSA) is 42.6 Å². The van der Waals surface area contributed by atoms with Gasteiger partial charge in [0, 0.05) is 80.0 Å². The highest BCUT2D eigenvalue weighted by atomic mass is 32.2. The smallest absolute Gasteiger partial charge is 0.254 e. The standard InChI is InChI=1S/C21H30N4OS/c1-2-6-23-7-9-25(10-8-23)21(26)18-4-3-5-19-20(18)17(15-22-19)16-24-11-13-27-14-12-24/h3-5,15,22H,2,6-14,16H2,1H3. The summed E-state index contributed by atoms with van der Waals surface area (Å²) in [5, 5.41) is 1.12. The van der Waals surface area contributed by atoms with E-state index in [0.717, 1.165) is 68.8 Å². The number of amides is 1. The van der Waals surface area contributed by atoms with Gasteiger partial charge in [0.05, 0.1) is 0 Å². The van der Waals surface area contributed by atoms with Crippen LogP contribution >= 0.6 is 11.8 Å². The number of H-pyrrole nitrogens is 1. The maximum Gasteiger partial charge on any atom is 0.254 e. The van der Waals surface area contributed by atoms with Crippen LogP contribution in [0.4, 0.5) is 0 Å². The molecular formula is C21H30N4OS. The van der Waals surface area contributed by atoms with Gasteiger partial charge in [-0.15, -0.1) is 0 Å². The number of piperazine rings is 1. The molecule has 2 aliphatic rings. The molecule has 0 saturated carbocycles. The Labute approximate surface area is 166 Å². The number of nitrogens with one attached hydrogen (secondary N) is 1. The number of nitrogens with zero attached hydrogens (tertiary/aromatic N) is 3. The van der Waals surface area contributed by atoms with Crippen molar-refractivity contribution in [2.75, 3.05) is 57.3 Å². The van der Waals surface area contributed by atoms with Crippen molar-refractivity contribution < 1.29 is 4.79 Å². The SMILES string of the molecule is CCCN1CCN(C(=O)c2cccc3[nH]cc(CN4CCSCC4)c23)CC1. The number of rotatable bonds is 5. The van der Waals surface area contributed by atoms with E-state index in [0.29, 0.717) is 0 Å². The Kier molecular flexibility index (Phi) is 6.05. The minimum absolute atomic E-state index is 0.187. The van der Waals surface area contributed by atoms with Crippen molar-refractivity contribution in [3.8, 4) is 0 Å². The second kappa shape index (κ2) is 8.67. The number of fused-ring (bicyclic) bond motifs is 1. The van der Waals surface area contributed by atoms with E-state index < -0.39 is 0 Å². The minimum atomic E-state index is 0.187. The molecule has 3 heterocycles. The number of aromatic nitrogens is 1. The van der Waals surface area contributed by atoms with E-state index in [1.807, 2.05) is 28.8 Å². The third-order valence-corrected chi connectivity index (χ3v) is 6.66. The Morgan fingerprint density at radius 1 is 1.07 bits per heavy atom. The van der Waals surface area contributed by atoms with Gasteiger partial charge in [0.2, 0.25) is 0 Å². The summed E-state index contributed by atoms with van der Waals surface area (Å²) in [5.74, 6) is 2.60. The summed E-state index contributed by atoms with van der Waals surface area (Å²) in [7, 11) is 0. The minimum Gasteiger partial charge on any atom is -0.361 e. The molecule has 146 valence electrons. The highest BCUT2D eigenvalue weighted by molar-refractivity contribution is 7.99. The summed E-state index contributed by atoms with van der Waals surface area (Å²) in [6, 6.07) is 6.09. The van der Waals surface area contributed by atoms with Crippen molar-refractivity contribution >= 4 is 28.6 Å². The number of carbonyl (C=O) groups is 1. The summed E-state index contributed by atoms with van der Waals surface area (Å²) in [5.41, 5.74) is 3.19. The molecule has 0 bridgehead atoms. The van der Waals surface area contributed by atoms with Gasteiger partial charge < -0.3 is 9.88 Å². The lowest BCUT2D eigenvalue weighted by Gasteiger charge is -2.34. The molecule has 1 N–H and O–H groups in total. The molecule has 0 spiro atoms. The van der Waals surface area contributed by atoms with Crippen LogP contribution in [0.25, 0.3) is 10.9 Å². The first-order chi connectivity index (χ1) is 13.3. The summed E-state index contributed by atoms with van der Waals surface area (Å²) in [6.07, 6.45) is 3.28. The summed E-state index contributed by atoms with van der Waals surface area (Å²) in [6.45, 7) is 10.2. The van der Waals surface area contributed by atoms with E-state index >= 15 is 0 Å². The Hall–Kier alpha value is -1.50. The molecule has 0 aliphatic carbocycles. The molecule has 2 saturated heterocycles. The van der Waals surface area contributed by atoms with Crippen LogP contribution in [-0.2, 0) is 6.54 Å². The van der Waals surface area contributed by atoms with Crippen LogP contribution < -0.4 is 0 Å². The molecule has 1 amide bonds. The third-order valence-electron chi connectivity index (χ3n) is 5.71. The van der Waals surface area contributed by atoms with Gasteiger partial charge >= 0.3 is 0 Å². The van der Waals surface area contributed by atoms with Crippen molar-refractivity contribution in [1.82, 2.24) is 19.7 Å². The van der Waals surface area contributed by atoms with Crippen LogP contribution in [0, 0.1) is 0 Å². The fourth-order valence-corrected chi connectivity index (χ4v) is 5.20. The highest BCUT2D eigenvalue weighted by Gasteiger charge is 2.24. The Morgan fingerprint density at radius 2 is 1.85 bits per heavy atom. The van der Waals surface area contributed by atoms with Crippen LogP contribution in [0.3, 0.4) is 0 Å². The summed E-state index contributed by atoms with van der Waals surface area (Å²) >= 11 is 2.03. The van der Waals surface area contributed by atoms with E-state index in [9.17, 15) is 4.79 Å². The summed E-state index contributed by atoms with van der Waals surface area (Å²) in [4.78, 5) is 23.7. The normalized spacial score (nSPS) is 19.7. The average Bonchev–Trinajstić information content (AvgIpc) is 3.12. The lowest BCUT2D eigenvalue weighted by molar-refractivity contribution is 0.0639. The number of carbonyl (C=O) groups excluding carboxylic acids is 1. The number of hydrogen-bond donors (Lipinski definition) is 1. The molecule has 6 heteroatoms. The first-order valence-corrected chi connectivity index (χ1v) is 11.3. The van der Waals surface area contributed by atoms with Crippen LogP contribution in [0.15, 0.2) is 24.4 Å². The number of hydrogen-bond acceptors (Lipinski definition) is 4. The van der Waals surface area contributed by atoms with Crippen molar-refractivity contribution in [1.29, 1.82) is 0 Å². The molecule has 27 heavy (non-hydrogen) atoms. The molecule has 2 aliphatic heterocycles. The van der Waals surface area contributed by atoms with Gasteiger partial charge in [-0.2, -0.15) is 11.8 Å². The van der Waals surface area contributed by atoms with Crippen molar-refractivity contribution in [2.24, 2.45) is 0 Å². The molecule has 0 unspecified atom stereocenters. The first-order valence-electron chi connectivity index (χ1n) is 10.2. The largest absolute Gasteiger partial charge is 0.361 e. The van der Waals surface area contributed by atoms with Crippen LogP contribution in [0.2, 0.25) is 0 Å². The zero-order chi connectivity index (χ0) is 18.6. The average molecular weight is 387 g/mol. The molecule has 5 nitrogen and oxygen atoms in total. The number of thioether (sulfide) groups is 1. The lowest BCUT2D eigenvalue weighted by atomic mass is 10.0. The monoisotopic (exact) mass is 386 g/mol. The van der Waals surface area contributed by atoms with E-state index in [2.05, 4.69) is 34.0 Å². The molecule has 2 fully saturated rings. The second-order valence-corrected chi connectivity index (χ2v) is 8.79. The highest BCUT2D eigenvalue weighted by Crippen LogP contribution is 2.26. The Balaban J connectivity index is 1.54. The predicted octanol–water partition coefficient (Wildman–Crippen LogP) is 2.88. The molecule has 0 atom stereocenters. The van der Waals surface area contributed by atoms with Gasteiger partial charge in [-0.25, -0.2) is 0 Å². The maximum absolute atomic E-state index is 13.3. The van der Waals surface area contributed by atoms with Gasteiger partial charge in [0.1, 0.15) is 0 Å². The fourth-order valence-electron chi connectivity index (χ4n) is 4.22. The zero-order valence-electron chi connectivity index (χ0n) is 16.2. The Bertz CT molecular complexity index is 776. The van der Waals surface area contributed by atoms with Crippen molar-refractivity contribution in [3.05, 3.63) is 35.5 Å². The Morgan fingerprint density at radius 3 is 2.59 bits per heavy atom. The van der Waals surface area contributed by atoms with Gasteiger partial charge in [-0.05, 0) is 30.7 Å². The van der Waals surface area contributed by atoms with Crippen molar-refractivity contribution in [3.63, 3.8) is 0 Å². The first kappa shape index (κ1) is 18.8. The lowest BCUT2D eigenvalue weighted by Crippen LogP contribution is -2.48. The maximum atomic E-state index is 13.3. The number of aromatic amines is 1. The van der Waals surface area contributed by atoms with Crippen LogP contribution in [0.1, 0.15) is 29.3 Å². The van der Waals surface area contributed by atoms with E-state index in [1.165, 1.54) is 23.5 Å². The molecule has 4 rings (SSSR count). The van der Waals surface area contributed by atoms with Crippen molar-refractivity contribution in [2.45, 2.75) is 19.9 Å². The molecule has 1 aromatic carbocycles. The van der Waals surface area contributed by atoms with E-state index in [1.54, 1.807) is 0 Å². The quantitative estimate of drug-likeness (QED) is 0.858. The zero-order valence-corrected chi connectivity index (χ0v) is 17.1. The molecule has 2 aromatic rings. The number of benzene rings is 1. The van der Waals surface area contributed by atoms with Gasteiger partial charge in [0.15, 0.2) is 0 Å². The van der Waals surface area contributed by atoms with Gasteiger partial charge in [-0.1, -0.05) is 13.0 Å². The van der Waals surface area contributed by atoms with Gasteiger partial charge in [-0.3, -0.25) is 14.6 Å². The molecule has 0 radical (unpaired) electrons. The second-order valence-electron chi connectivity index (χ2n) is 7.56. The molecule has 1 aromatic heterocycles. The predicted molar refractivity (Wildman–Crippen MR) is 114 cm³/mol. The van der Waals surface area contributed by atoms with Gasteiger partial charge in [0.25, 0.3) is 5.91 Å². The fraction of sp³-hybridized carbons (Fsp3) is 0.571. The third kappa shape index (κ3) is 4.18. The van der Waals surface area contributed by atoms with Crippen LogP contribution in [0.5, 0.6) is 0 Å². The molecular weight excluding hydrogens is 356 g/mol. The van der Waals surface area contributed by atoms with Crippen LogP contribution in [-0.4, -0.2) is 82.9 Å². The van der Waals surface area contributed by atoms with E-state index in [4.69, 9.17) is 0 Å². The summed E-state index contributed by atoms with van der Waals surface area (Å²) < 4.78 is 0.